The zero-order valence-electron chi connectivity index (χ0n) is 16.2. The third-order valence-corrected chi connectivity index (χ3v) is 6.54. The largest absolute Gasteiger partial charge is 0.342 e. The molecule has 0 amide bonds. The van der Waals surface area contributed by atoms with Crippen molar-refractivity contribution in [2.24, 2.45) is 10.3 Å². The zero-order valence-corrected chi connectivity index (χ0v) is 17.0. The molecule has 1 atom stereocenters. The van der Waals surface area contributed by atoms with Crippen LogP contribution in [-0.4, -0.2) is 42.2 Å². The molecule has 3 heterocycles. The molecule has 2 aromatic rings. The number of nitrogens with zero attached hydrogens (tertiary/aromatic N) is 4. The van der Waals surface area contributed by atoms with Crippen molar-refractivity contribution in [3.05, 3.63) is 48.0 Å². The van der Waals surface area contributed by atoms with Gasteiger partial charge in [-0.15, -0.1) is 4.40 Å². The molecule has 1 aromatic heterocycles. The second-order valence-electron chi connectivity index (χ2n) is 7.75. The molecule has 0 radical (unpaired) electrons. The van der Waals surface area contributed by atoms with Crippen molar-refractivity contribution in [3.63, 3.8) is 0 Å². The highest BCUT2D eigenvalue weighted by Crippen LogP contribution is 2.30. The van der Waals surface area contributed by atoms with Gasteiger partial charge in [0.1, 0.15) is 16.6 Å². The lowest BCUT2D eigenvalue weighted by Crippen LogP contribution is -2.41. The summed E-state index contributed by atoms with van der Waals surface area (Å²) < 4.78 is 29.1. The van der Waals surface area contributed by atoms with Crippen LogP contribution >= 0.6 is 0 Å². The molecule has 2 aliphatic heterocycles. The first-order valence-electron chi connectivity index (χ1n) is 9.66. The van der Waals surface area contributed by atoms with Crippen molar-refractivity contribution in [2.45, 2.75) is 44.0 Å². The van der Waals surface area contributed by atoms with E-state index in [2.05, 4.69) is 38.4 Å². The maximum absolute atomic E-state index is 12.5. The highest BCUT2D eigenvalue weighted by atomic mass is 32.2. The van der Waals surface area contributed by atoms with Gasteiger partial charge in [-0.1, -0.05) is 26.0 Å². The summed E-state index contributed by atoms with van der Waals surface area (Å²) in [5.41, 5.74) is 1.68. The van der Waals surface area contributed by atoms with Crippen LogP contribution in [0.5, 0.6) is 0 Å². The van der Waals surface area contributed by atoms with Crippen LogP contribution < -0.4 is 5.32 Å². The molecule has 0 spiro atoms. The minimum absolute atomic E-state index is 0.0627. The predicted molar refractivity (Wildman–Crippen MR) is 109 cm³/mol. The Labute approximate surface area is 166 Å². The number of fused-ring (bicyclic) bond motifs is 1. The number of anilines is 1. The summed E-state index contributed by atoms with van der Waals surface area (Å²) in [7, 11) is -3.64. The number of piperidine rings is 1. The number of rotatable bonds is 4. The standard InChI is InChI=1S/C20H25N5O2S/c1-14(2)19-21-10-15(11-22-19)12-25-9-5-6-16(13-25)20-23-17-7-3-4-8-18(17)28(26,27)24-20/h3-4,7-8,10-11,14,16H,5-6,9,12-13H2,1-2H3,(H,23,24)/t16-/m1/s1. The normalized spacial score (nSPS) is 21.7. The first kappa shape index (κ1) is 19.0. The van der Waals surface area contributed by atoms with Gasteiger partial charge in [-0.25, -0.2) is 9.97 Å². The van der Waals surface area contributed by atoms with Crippen molar-refractivity contribution in [1.29, 1.82) is 0 Å². The molecule has 148 valence electrons. The fraction of sp³-hybridized carbons (Fsp3) is 0.450. The molecule has 8 heteroatoms. The topological polar surface area (TPSA) is 87.5 Å². The molecule has 0 bridgehead atoms. The van der Waals surface area contributed by atoms with Crippen molar-refractivity contribution >= 4 is 21.5 Å². The summed E-state index contributed by atoms with van der Waals surface area (Å²) in [4.78, 5) is 11.4. The Morgan fingerprint density at radius 3 is 2.71 bits per heavy atom. The van der Waals surface area contributed by atoms with Gasteiger partial charge in [0.25, 0.3) is 10.0 Å². The van der Waals surface area contributed by atoms with E-state index in [-0.39, 0.29) is 10.8 Å². The van der Waals surface area contributed by atoms with E-state index in [4.69, 9.17) is 0 Å². The molecule has 0 saturated carbocycles. The lowest BCUT2D eigenvalue weighted by molar-refractivity contribution is 0.196. The molecule has 2 aliphatic rings. The lowest BCUT2D eigenvalue weighted by atomic mass is 9.96. The third-order valence-electron chi connectivity index (χ3n) is 5.19. The highest BCUT2D eigenvalue weighted by molar-refractivity contribution is 7.90. The van der Waals surface area contributed by atoms with Crippen LogP contribution in [0.2, 0.25) is 0 Å². The first-order chi connectivity index (χ1) is 13.4. The monoisotopic (exact) mass is 399 g/mol. The van der Waals surface area contributed by atoms with Gasteiger partial charge >= 0.3 is 0 Å². The third kappa shape index (κ3) is 3.93. The highest BCUT2D eigenvalue weighted by Gasteiger charge is 2.31. The molecular formula is C20H25N5O2S. The summed E-state index contributed by atoms with van der Waals surface area (Å²) in [6.07, 6.45) is 5.70. The minimum Gasteiger partial charge on any atom is -0.342 e. The molecule has 1 saturated heterocycles. The van der Waals surface area contributed by atoms with Gasteiger partial charge in [-0.3, -0.25) is 4.90 Å². The summed E-state index contributed by atoms with van der Waals surface area (Å²) in [5, 5.41) is 3.25. The number of hydrogen-bond donors (Lipinski definition) is 1. The smallest absolute Gasteiger partial charge is 0.286 e. The minimum atomic E-state index is -3.64. The molecule has 0 unspecified atom stereocenters. The van der Waals surface area contributed by atoms with Gasteiger partial charge < -0.3 is 5.32 Å². The van der Waals surface area contributed by atoms with Crippen LogP contribution in [-0.2, 0) is 16.6 Å². The number of aromatic nitrogens is 2. The van der Waals surface area contributed by atoms with Gasteiger partial charge in [0.05, 0.1) is 5.69 Å². The van der Waals surface area contributed by atoms with Crippen LogP contribution in [0.4, 0.5) is 5.69 Å². The van der Waals surface area contributed by atoms with Gasteiger partial charge in [0.15, 0.2) is 0 Å². The molecular weight excluding hydrogens is 374 g/mol. The second kappa shape index (κ2) is 7.60. The average molecular weight is 400 g/mol. The Kier molecular flexibility index (Phi) is 5.16. The zero-order chi connectivity index (χ0) is 19.7. The quantitative estimate of drug-likeness (QED) is 0.850. The van der Waals surface area contributed by atoms with Crippen molar-refractivity contribution < 1.29 is 8.42 Å². The maximum Gasteiger partial charge on any atom is 0.286 e. The van der Waals surface area contributed by atoms with Crippen LogP contribution in [0.3, 0.4) is 0 Å². The Hall–Kier alpha value is -2.32. The number of para-hydroxylation sites is 1. The average Bonchev–Trinajstić information content (AvgIpc) is 2.68. The Balaban J connectivity index is 1.48. The SMILES string of the molecule is CC(C)c1ncc(CN2CCC[C@@H](C3=NS(=O)(=O)c4ccccc4N3)C2)cn1. The van der Waals surface area contributed by atoms with E-state index >= 15 is 0 Å². The number of amidine groups is 1. The van der Waals surface area contributed by atoms with E-state index in [9.17, 15) is 8.42 Å². The Morgan fingerprint density at radius 1 is 1.21 bits per heavy atom. The van der Waals surface area contributed by atoms with Gasteiger partial charge in [0.2, 0.25) is 0 Å². The van der Waals surface area contributed by atoms with Crippen molar-refractivity contribution in [2.75, 3.05) is 18.4 Å². The summed E-state index contributed by atoms with van der Waals surface area (Å²) >= 11 is 0. The van der Waals surface area contributed by atoms with Crippen LogP contribution in [0.15, 0.2) is 46.0 Å². The summed E-state index contributed by atoms with van der Waals surface area (Å²) in [5.74, 6) is 1.78. The molecule has 1 aromatic carbocycles. The van der Waals surface area contributed by atoms with E-state index in [1.165, 1.54) is 0 Å². The van der Waals surface area contributed by atoms with Crippen molar-refractivity contribution in [1.82, 2.24) is 14.9 Å². The molecule has 4 rings (SSSR count). The Morgan fingerprint density at radius 2 is 1.96 bits per heavy atom. The molecule has 1 N–H and O–H groups in total. The lowest BCUT2D eigenvalue weighted by Gasteiger charge is -2.34. The molecule has 1 fully saturated rings. The van der Waals surface area contributed by atoms with Gasteiger partial charge in [-0.2, -0.15) is 8.42 Å². The van der Waals surface area contributed by atoms with E-state index in [1.807, 2.05) is 18.5 Å². The van der Waals surface area contributed by atoms with Crippen LogP contribution in [0.25, 0.3) is 0 Å². The fourth-order valence-electron chi connectivity index (χ4n) is 3.74. The number of sulfonamides is 1. The summed E-state index contributed by atoms with van der Waals surface area (Å²) in [6.45, 7) is 6.64. The number of benzene rings is 1. The number of hydrogen-bond acceptors (Lipinski definition) is 6. The number of nitrogens with one attached hydrogen (secondary N) is 1. The summed E-state index contributed by atoms with van der Waals surface area (Å²) in [6, 6.07) is 6.92. The van der Waals surface area contributed by atoms with Gasteiger partial charge in [-0.05, 0) is 31.5 Å². The molecule has 28 heavy (non-hydrogen) atoms. The Bertz CT molecular complexity index is 986. The molecule has 0 aliphatic carbocycles. The maximum atomic E-state index is 12.5. The van der Waals surface area contributed by atoms with E-state index in [0.717, 1.165) is 43.9 Å². The van der Waals surface area contributed by atoms with Crippen LogP contribution in [0, 0.1) is 5.92 Å². The van der Waals surface area contributed by atoms with Crippen molar-refractivity contribution in [3.8, 4) is 0 Å². The number of likely N-dealkylation sites (tertiary alicyclic amines) is 1. The van der Waals surface area contributed by atoms with Gasteiger partial charge in [0, 0.05) is 42.9 Å². The first-order valence-corrected chi connectivity index (χ1v) is 11.1. The van der Waals surface area contributed by atoms with Crippen LogP contribution in [0.1, 0.15) is 44.0 Å². The second-order valence-corrected chi connectivity index (χ2v) is 9.32. The predicted octanol–water partition coefficient (Wildman–Crippen LogP) is 3.02. The van der Waals surface area contributed by atoms with E-state index in [0.29, 0.717) is 17.4 Å². The fourth-order valence-corrected chi connectivity index (χ4v) is 4.94. The van der Waals surface area contributed by atoms with E-state index in [1.54, 1.807) is 18.2 Å². The van der Waals surface area contributed by atoms with E-state index < -0.39 is 10.0 Å². The molecule has 7 nitrogen and oxygen atoms in total.